The average Bonchev–Trinajstić information content (AvgIpc) is 1.51. The molecule has 7 atom stereocenters. The van der Waals surface area contributed by atoms with Gasteiger partial charge in [-0.25, -0.2) is 0 Å². The minimum absolute atomic E-state index is 0.0693. The van der Waals surface area contributed by atoms with Gasteiger partial charge in [0.05, 0.1) is 82.7 Å². The van der Waals surface area contributed by atoms with E-state index >= 15 is 0 Å². The van der Waals surface area contributed by atoms with Crippen LogP contribution in [0.1, 0.15) is 74.2 Å². The summed E-state index contributed by atoms with van der Waals surface area (Å²) in [5.41, 5.74) is 12.7. The van der Waals surface area contributed by atoms with Crippen molar-refractivity contribution in [1.82, 2.24) is 15.1 Å². The second-order valence-electron chi connectivity index (χ2n) is 24.1. The van der Waals surface area contributed by atoms with Gasteiger partial charge in [0.1, 0.15) is 56.5 Å². The van der Waals surface area contributed by atoms with Crippen molar-refractivity contribution in [2.75, 3.05) is 61.2 Å². The minimum Gasteiger partial charge on any atom is -0.493 e. The molecule has 0 spiro atoms. The third kappa shape index (κ3) is 15.0. The Hall–Kier alpha value is -8.52. The highest BCUT2D eigenvalue weighted by atomic mass is 32.3. The van der Waals surface area contributed by atoms with Gasteiger partial charge in [-0.15, -0.1) is 31.1 Å². The highest BCUT2D eigenvalue weighted by molar-refractivity contribution is 7.82. The lowest BCUT2D eigenvalue weighted by atomic mass is 9.99. The van der Waals surface area contributed by atoms with Crippen LogP contribution < -0.4 is 43.1 Å². The van der Waals surface area contributed by atoms with Crippen molar-refractivity contribution >= 4 is 74.6 Å². The summed E-state index contributed by atoms with van der Waals surface area (Å²) in [7, 11) is 2.12. The molecule has 25 nitrogen and oxygen atoms in total. The summed E-state index contributed by atoms with van der Waals surface area (Å²) in [6.07, 6.45) is -3.46. The number of quaternary nitrogens is 1. The number of fused-ring (bicyclic) bond motifs is 6. The van der Waals surface area contributed by atoms with E-state index in [0.717, 1.165) is 39.4 Å². The topological polar surface area (TPSA) is 319 Å². The van der Waals surface area contributed by atoms with Crippen LogP contribution in [-0.2, 0) is 72.1 Å². The molecule has 1 unspecified atom stereocenters. The number of hydrogen-bond donors (Lipinski definition) is 6. The maximum atomic E-state index is 14.2. The zero-order chi connectivity index (χ0) is 66.7. The predicted octanol–water partition coefficient (Wildman–Crippen LogP) is 5.91. The van der Waals surface area contributed by atoms with Crippen molar-refractivity contribution < 1.29 is 89.2 Å². The molecule has 5 aliphatic rings. The first-order chi connectivity index (χ1) is 45.8. The maximum absolute atomic E-state index is 14.2. The number of benzene rings is 5. The Bertz CT molecular complexity index is 4020. The van der Waals surface area contributed by atoms with Crippen LogP contribution in [0.3, 0.4) is 0 Å². The quantitative estimate of drug-likeness (QED) is 0.0286. The lowest BCUT2D eigenvalue weighted by Crippen LogP contribution is -2.60. The molecule has 5 aromatic carbocycles. The minimum atomic E-state index is -5.01. The lowest BCUT2D eigenvalue weighted by Gasteiger charge is -2.39. The fourth-order valence-corrected chi connectivity index (χ4v) is 14.7. The predicted molar refractivity (Wildman–Crippen MR) is 350 cm³/mol. The number of rotatable bonds is 25. The fourth-order valence-electron chi connectivity index (χ4n) is 12.1. The maximum Gasteiger partial charge on any atom is 0.501 e. The molecule has 7 N–H and O–H groups in total. The summed E-state index contributed by atoms with van der Waals surface area (Å²) in [6, 6.07) is 26.5. The molecule has 0 bridgehead atoms. The molecule has 2 aromatic heterocycles. The standard InChI is InChI=1S/C67H71N7O18S3/c1-74(2,33-38-5-8-47(9-6-38)91-95(82,83)92-57-22-42(64(79)69-14-16-86-15-13-68)7-10-52(57)89-67-63(78)62(77)61(76)58(35-75)90-67)34-39-19-40(36-87-55-27-50-48(25-53(55)84-3)65(80)72-31-43-11-17-93-59(43)23-45(72)29-70-50)21-41(20-39)37-88-56-28-51-49(26-54(56)85-4)66(81)73-32-44-12-18-94-60(44)24-46(73)30-71-51/h5-12,17-22,25-30,45-46,58,61-63,67,75-78H,13-16,23-24,31-37,68H2,1-4H3/p+1/t45-,46-,58+,61-,62-,63+,67?/m0/s1. The number of thiophene rings is 2. The Kier molecular flexibility index (Phi) is 19.9. The van der Waals surface area contributed by atoms with Crippen molar-refractivity contribution in [2.45, 2.75) is 95.0 Å². The van der Waals surface area contributed by atoms with E-state index in [1.165, 1.54) is 48.2 Å². The molecule has 7 aromatic rings. The number of amides is 3. The summed E-state index contributed by atoms with van der Waals surface area (Å²) in [5.74, 6) is -0.502. The van der Waals surface area contributed by atoms with E-state index < -0.39 is 59.4 Å². The number of carbonyl (C=O) groups is 3. The van der Waals surface area contributed by atoms with E-state index in [2.05, 4.69) is 17.4 Å². The Labute approximate surface area is 556 Å². The van der Waals surface area contributed by atoms with Gasteiger partial charge >= 0.3 is 10.4 Å². The number of aliphatic hydroxyl groups is 4. The number of carbonyl (C=O) groups excluding carboxylic acids is 3. The van der Waals surface area contributed by atoms with E-state index in [4.69, 9.17) is 57.2 Å². The summed E-state index contributed by atoms with van der Waals surface area (Å²) in [6.45, 7) is 2.06. The summed E-state index contributed by atoms with van der Waals surface area (Å²) < 4.78 is 80.1. The second kappa shape index (κ2) is 28.4. The molecule has 12 rings (SSSR count). The number of methoxy groups -OCH3 is 2. The molecule has 0 saturated carbocycles. The van der Waals surface area contributed by atoms with Gasteiger partial charge in [0, 0.05) is 90.0 Å². The number of hydrogen-bond acceptors (Lipinski definition) is 23. The first-order valence-corrected chi connectivity index (χ1v) is 33.7. The molecule has 28 heteroatoms. The van der Waals surface area contributed by atoms with E-state index in [1.807, 2.05) is 65.3 Å². The third-order valence-corrected chi connectivity index (χ3v) is 19.5. The van der Waals surface area contributed by atoms with Crippen LogP contribution in [-0.4, -0.2) is 177 Å². The first-order valence-electron chi connectivity index (χ1n) is 30.6. The van der Waals surface area contributed by atoms with Gasteiger partial charge in [-0.05, 0) is 118 Å². The molecule has 5 aliphatic heterocycles. The number of aliphatic hydroxyl groups excluding tert-OH is 4. The third-order valence-electron chi connectivity index (χ3n) is 16.8. The second-order valence-corrected chi connectivity index (χ2v) is 27.2. The van der Waals surface area contributed by atoms with Gasteiger partial charge in [0.2, 0.25) is 6.29 Å². The van der Waals surface area contributed by atoms with Gasteiger partial charge in [0.15, 0.2) is 34.5 Å². The Balaban J connectivity index is 0.770. The van der Waals surface area contributed by atoms with Crippen molar-refractivity contribution in [2.24, 2.45) is 15.7 Å². The van der Waals surface area contributed by atoms with Crippen molar-refractivity contribution in [1.29, 1.82) is 0 Å². The van der Waals surface area contributed by atoms with Gasteiger partial charge in [0.25, 0.3) is 17.7 Å². The molecule has 0 radical (unpaired) electrons. The molecule has 95 heavy (non-hydrogen) atoms. The number of aliphatic imine (C=N–C) groups is 2. The monoisotopic (exact) mass is 1360 g/mol. The number of nitrogens with one attached hydrogen (secondary N) is 1. The van der Waals surface area contributed by atoms with Crippen molar-refractivity contribution in [3.63, 3.8) is 0 Å². The SMILES string of the molecule is COc1cc2c(cc1OCc1cc(COc3cc4c(cc3OC)C(=O)N3Cc5ccsc5C[C@H]3C=N4)cc(C[N+](C)(C)Cc3ccc(OS(=O)(=O)Oc4cc(C(=O)NCCOCCN)ccc4OC4O[C@H](CO)[C@H](O)[C@H](O)[C@H]4O)cc3)c1)N=C[C@@H]1Cc3sccc3CN1C2=O. The zero-order valence-electron chi connectivity index (χ0n) is 52.3. The molecule has 1 fully saturated rings. The van der Waals surface area contributed by atoms with Crippen LogP contribution in [0.25, 0.3) is 0 Å². The van der Waals surface area contributed by atoms with Crippen LogP contribution >= 0.6 is 22.7 Å². The molecular formula is C67H72N7O18S3+. The summed E-state index contributed by atoms with van der Waals surface area (Å²) in [4.78, 5) is 57.3. The number of nitrogens with zero attached hydrogens (tertiary/aromatic N) is 5. The number of ether oxygens (including phenoxy) is 7. The Morgan fingerprint density at radius 2 is 1.24 bits per heavy atom. The molecule has 500 valence electrons. The first kappa shape index (κ1) is 66.5. The van der Waals surface area contributed by atoms with E-state index in [0.29, 0.717) is 89.0 Å². The molecule has 1 saturated heterocycles. The van der Waals surface area contributed by atoms with Crippen LogP contribution in [0.5, 0.6) is 40.2 Å². The van der Waals surface area contributed by atoms with Gasteiger partial charge < -0.3 is 87.3 Å². The molecular weight excluding hydrogens is 1290 g/mol. The molecule has 0 aliphatic carbocycles. The highest BCUT2D eigenvalue weighted by Crippen LogP contribution is 2.42. The Morgan fingerprint density at radius 1 is 0.674 bits per heavy atom. The summed E-state index contributed by atoms with van der Waals surface area (Å²) in [5, 5.41) is 48.0. The van der Waals surface area contributed by atoms with Crippen LogP contribution in [0.15, 0.2) is 118 Å². The highest BCUT2D eigenvalue weighted by Gasteiger charge is 2.45. The Morgan fingerprint density at radius 3 is 1.80 bits per heavy atom. The largest absolute Gasteiger partial charge is 0.501 e. The molecule has 7 heterocycles. The van der Waals surface area contributed by atoms with E-state index in [1.54, 1.807) is 59.1 Å². The van der Waals surface area contributed by atoms with E-state index in [-0.39, 0.29) is 80.5 Å². The van der Waals surface area contributed by atoms with Crippen LogP contribution in [0.2, 0.25) is 0 Å². The van der Waals surface area contributed by atoms with Gasteiger partial charge in [-0.1, -0.05) is 0 Å². The van der Waals surface area contributed by atoms with Crippen LogP contribution in [0, 0.1) is 0 Å². The smallest absolute Gasteiger partial charge is 0.493 e. The average molecular weight is 1360 g/mol. The van der Waals surface area contributed by atoms with E-state index in [9.17, 15) is 43.2 Å². The van der Waals surface area contributed by atoms with Crippen molar-refractivity contribution in [3.05, 3.63) is 168 Å². The normalized spacial score (nSPS) is 20.4. The molecule has 3 amide bonds. The number of nitrogens with two attached hydrogens (primary N) is 1. The van der Waals surface area contributed by atoms with Crippen LogP contribution in [0.4, 0.5) is 11.4 Å². The fraction of sp³-hybridized carbons (Fsp3) is 0.358. The zero-order valence-corrected chi connectivity index (χ0v) is 54.8. The lowest BCUT2D eigenvalue weighted by molar-refractivity contribution is -0.916. The van der Waals surface area contributed by atoms with Gasteiger partial charge in [-0.2, -0.15) is 0 Å². The summed E-state index contributed by atoms with van der Waals surface area (Å²) >= 11 is 3.36. The van der Waals surface area contributed by atoms with Crippen molar-refractivity contribution in [3.8, 4) is 40.2 Å². The van der Waals surface area contributed by atoms with Gasteiger partial charge in [-0.3, -0.25) is 24.4 Å².